The van der Waals surface area contributed by atoms with Crippen molar-refractivity contribution < 1.29 is 19.4 Å². The molecule has 11 nitrogen and oxygen atoms in total. The third kappa shape index (κ3) is 3.80. The fraction of sp³-hybridized carbons (Fsp3) is 0.458. The number of amides is 2. The van der Waals surface area contributed by atoms with Crippen molar-refractivity contribution in [3.8, 4) is 0 Å². The highest BCUT2D eigenvalue weighted by Crippen LogP contribution is 2.28. The van der Waals surface area contributed by atoms with Crippen molar-refractivity contribution in [1.29, 1.82) is 0 Å². The van der Waals surface area contributed by atoms with E-state index < -0.39 is 6.10 Å². The van der Waals surface area contributed by atoms with Gasteiger partial charge in [-0.05, 0) is 60.0 Å². The quantitative estimate of drug-likeness (QED) is 0.548. The van der Waals surface area contributed by atoms with Gasteiger partial charge in [0.15, 0.2) is 5.65 Å². The summed E-state index contributed by atoms with van der Waals surface area (Å²) in [5.74, 6) is -0.340. The van der Waals surface area contributed by atoms with Crippen LogP contribution in [0.5, 0.6) is 0 Å². The number of likely N-dealkylation sites (tertiary alicyclic amines) is 1. The topological polar surface area (TPSA) is 116 Å². The molecule has 0 bridgehead atoms. The number of hydrogen-bond acceptors (Lipinski definition) is 8. The van der Waals surface area contributed by atoms with Gasteiger partial charge in [0.05, 0.1) is 22.9 Å². The summed E-state index contributed by atoms with van der Waals surface area (Å²) in [7, 11) is 0. The van der Waals surface area contributed by atoms with E-state index in [1.54, 1.807) is 16.3 Å². The Hall–Kier alpha value is -3.57. The molecule has 0 radical (unpaired) electrons. The number of piperidine rings is 1. The Balaban J connectivity index is 1.07. The lowest BCUT2D eigenvalue weighted by Gasteiger charge is -2.37. The monoisotopic (exact) mass is 477 g/mol. The second kappa shape index (κ2) is 8.58. The molecule has 2 amide bonds. The van der Waals surface area contributed by atoms with Crippen LogP contribution in [-0.4, -0.2) is 97.2 Å². The number of esters is 1. The van der Waals surface area contributed by atoms with E-state index in [9.17, 15) is 14.7 Å². The molecular formula is C24H27N7O4. The zero-order valence-electron chi connectivity index (χ0n) is 19.5. The Morgan fingerprint density at radius 2 is 1.94 bits per heavy atom. The normalized spacial score (nSPS) is 21.1. The molecule has 1 aromatic carbocycles. The van der Waals surface area contributed by atoms with Crippen LogP contribution in [0.1, 0.15) is 31.4 Å². The molecule has 2 saturated heterocycles. The number of cyclic esters (lactones) is 1. The minimum atomic E-state index is -0.612. The van der Waals surface area contributed by atoms with E-state index in [4.69, 9.17) is 4.74 Å². The van der Waals surface area contributed by atoms with Gasteiger partial charge in [-0.15, -0.1) is 5.10 Å². The SMILES string of the molecule is CC1=C(N2CCN(C3CCN(CC(O)c4ccc5c(ccc6nnnn65)c4)CC3)C2=O)COC1=O. The van der Waals surface area contributed by atoms with Gasteiger partial charge in [0.25, 0.3) is 0 Å². The third-order valence-electron chi connectivity index (χ3n) is 7.45. The number of urea groups is 1. The number of carbonyl (C=O) groups is 2. The van der Waals surface area contributed by atoms with E-state index in [-0.39, 0.29) is 24.6 Å². The van der Waals surface area contributed by atoms with Crippen molar-refractivity contribution in [3.05, 3.63) is 47.2 Å². The summed E-state index contributed by atoms with van der Waals surface area (Å²) in [5, 5.41) is 23.6. The van der Waals surface area contributed by atoms with Crippen LogP contribution in [0, 0.1) is 0 Å². The summed E-state index contributed by atoms with van der Waals surface area (Å²) in [6, 6.07) is 9.80. The van der Waals surface area contributed by atoms with Crippen molar-refractivity contribution in [2.24, 2.45) is 0 Å². The summed E-state index contributed by atoms with van der Waals surface area (Å²) in [5.41, 5.74) is 3.66. The number of benzene rings is 1. The molecule has 3 aliphatic heterocycles. The number of carbonyl (C=O) groups excluding carboxylic acids is 2. The Labute approximate surface area is 201 Å². The first-order chi connectivity index (χ1) is 17.0. The first kappa shape index (κ1) is 21.9. The van der Waals surface area contributed by atoms with E-state index in [1.807, 2.05) is 35.2 Å². The van der Waals surface area contributed by atoms with Crippen LogP contribution in [0.4, 0.5) is 4.79 Å². The second-order valence-corrected chi connectivity index (χ2v) is 9.42. The first-order valence-electron chi connectivity index (χ1n) is 12.0. The number of ether oxygens (including phenoxy) is 1. The fourth-order valence-electron chi connectivity index (χ4n) is 5.40. The maximum atomic E-state index is 13.0. The molecule has 1 atom stereocenters. The van der Waals surface area contributed by atoms with Crippen molar-refractivity contribution in [2.45, 2.75) is 31.9 Å². The van der Waals surface area contributed by atoms with Gasteiger partial charge in [0.1, 0.15) is 6.61 Å². The number of β-amino-alcohol motifs (C(OH)–C–C–N with tert-alkyl or cyclic N) is 1. The summed E-state index contributed by atoms with van der Waals surface area (Å²) < 4.78 is 6.77. The molecular weight excluding hydrogens is 450 g/mol. The second-order valence-electron chi connectivity index (χ2n) is 9.42. The molecule has 3 aromatic rings. The first-order valence-corrected chi connectivity index (χ1v) is 12.0. The summed E-state index contributed by atoms with van der Waals surface area (Å²) in [6.45, 7) is 5.29. The van der Waals surface area contributed by atoms with Gasteiger partial charge in [-0.1, -0.05) is 6.07 Å². The Bertz CT molecular complexity index is 1340. The fourth-order valence-corrected chi connectivity index (χ4v) is 5.40. The molecule has 1 N–H and O–H groups in total. The molecule has 2 aromatic heterocycles. The number of hydrogen-bond donors (Lipinski definition) is 1. The smallest absolute Gasteiger partial charge is 0.336 e. The number of aliphatic hydroxyl groups is 1. The van der Waals surface area contributed by atoms with E-state index in [1.165, 1.54) is 0 Å². The number of aromatic nitrogens is 4. The van der Waals surface area contributed by atoms with Crippen LogP contribution in [0.3, 0.4) is 0 Å². The van der Waals surface area contributed by atoms with Gasteiger partial charge in [-0.2, -0.15) is 4.52 Å². The van der Waals surface area contributed by atoms with Crippen LogP contribution >= 0.6 is 0 Å². The zero-order valence-corrected chi connectivity index (χ0v) is 19.5. The van der Waals surface area contributed by atoms with Gasteiger partial charge >= 0.3 is 12.0 Å². The van der Waals surface area contributed by atoms with Crippen LogP contribution in [0.25, 0.3) is 16.6 Å². The number of pyridine rings is 1. The Kier molecular flexibility index (Phi) is 5.37. The minimum Gasteiger partial charge on any atom is -0.456 e. The number of nitrogens with zero attached hydrogens (tertiary/aromatic N) is 7. The van der Waals surface area contributed by atoms with Crippen LogP contribution in [-0.2, 0) is 9.53 Å². The number of aliphatic hydroxyl groups excluding tert-OH is 1. The minimum absolute atomic E-state index is 0.0380. The summed E-state index contributed by atoms with van der Waals surface area (Å²) >= 11 is 0. The highest BCUT2D eigenvalue weighted by Gasteiger charge is 2.39. The average Bonchev–Trinajstić information content (AvgIpc) is 3.59. The maximum Gasteiger partial charge on any atom is 0.336 e. The lowest BCUT2D eigenvalue weighted by atomic mass is 10.0. The van der Waals surface area contributed by atoms with Crippen molar-refractivity contribution >= 4 is 28.6 Å². The summed E-state index contributed by atoms with van der Waals surface area (Å²) in [6.07, 6.45) is 1.10. The molecule has 0 aliphatic carbocycles. The van der Waals surface area contributed by atoms with Crippen LogP contribution < -0.4 is 0 Å². The molecule has 3 aliphatic rings. The van der Waals surface area contributed by atoms with Gasteiger partial charge in [-0.25, -0.2) is 9.59 Å². The van der Waals surface area contributed by atoms with E-state index >= 15 is 0 Å². The molecule has 0 saturated carbocycles. The maximum absolute atomic E-state index is 13.0. The molecule has 2 fully saturated rings. The van der Waals surface area contributed by atoms with Gasteiger partial charge in [0.2, 0.25) is 0 Å². The molecule has 6 rings (SSSR count). The predicted molar refractivity (Wildman–Crippen MR) is 125 cm³/mol. The molecule has 0 spiro atoms. The van der Waals surface area contributed by atoms with E-state index in [2.05, 4.69) is 20.4 Å². The highest BCUT2D eigenvalue weighted by atomic mass is 16.5. The van der Waals surface area contributed by atoms with Crippen molar-refractivity contribution in [3.63, 3.8) is 0 Å². The predicted octanol–water partition coefficient (Wildman–Crippen LogP) is 1.34. The van der Waals surface area contributed by atoms with Gasteiger partial charge in [-0.3, -0.25) is 4.90 Å². The molecule has 182 valence electrons. The highest BCUT2D eigenvalue weighted by molar-refractivity contribution is 5.92. The number of tetrazole rings is 1. The Morgan fingerprint density at radius 3 is 2.71 bits per heavy atom. The molecule has 11 heteroatoms. The summed E-state index contributed by atoms with van der Waals surface area (Å²) in [4.78, 5) is 30.6. The standard InChI is InChI=1S/C24H27N7O4/c1-15-20(14-35-23(15)33)30-11-10-29(24(30)34)18-6-8-28(9-7-18)13-21(32)17-2-4-19-16(12-17)3-5-22-25-26-27-31(19)22/h2-5,12,18,21,32H,6-11,13-14H2,1H3. The lowest BCUT2D eigenvalue weighted by molar-refractivity contribution is -0.136. The van der Waals surface area contributed by atoms with Crippen LogP contribution in [0.15, 0.2) is 41.6 Å². The molecule has 5 heterocycles. The Morgan fingerprint density at radius 1 is 1.11 bits per heavy atom. The average molecular weight is 478 g/mol. The zero-order chi connectivity index (χ0) is 24.1. The molecule has 35 heavy (non-hydrogen) atoms. The van der Waals surface area contributed by atoms with E-state index in [0.29, 0.717) is 36.6 Å². The van der Waals surface area contributed by atoms with Crippen molar-refractivity contribution in [2.75, 3.05) is 39.3 Å². The van der Waals surface area contributed by atoms with Gasteiger partial charge in [0, 0.05) is 44.2 Å². The van der Waals surface area contributed by atoms with Gasteiger partial charge < -0.3 is 19.6 Å². The van der Waals surface area contributed by atoms with Crippen molar-refractivity contribution in [1.82, 2.24) is 34.7 Å². The largest absolute Gasteiger partial charge is 0.456 e. The third-order valence-corrected chi connectivity index (χ3v) is 7.45. The number of fused-ring (bicyclic) bond motifs is 3. The van der Waals surface area contributed by atoms with E-state index in [0.717, 1.165) is 42.4 Å². The lowest BCUT2D eigenvalue weighted by Crippen LogP contribution is -2.47. The van der Waals surface area contributed by atoms with Crippen LogP contribution in [0.2, 0.25) is 0 Å². The molecule has 1 unspecified atom stereocenters. The number of rotatable bonds is 5.